The Morgan fingerprint density at radius 1 is 0.854 bits per heavy atom. The minimum absolute atomic E-state index is 0.0420. The van der Waals surface area contributed by atoms with Crippen LogP contribution in [0.5, 0.6) is 11.5 Å². The molecule has 5 rings (SSSR count). The number of hydrogen-bond donors (Lipinski definition) is 1. The SMILES string of the molecule is CC(C)NC(=O)[C@@H](Cc1ccccc1)N(Cc1ccc(Cl)c(Cl)c1)C(=O)CN(c1ccc(F)cc1)S(=O)(=O)c1ccc2c(c1)OCCO2. The van der Waals surface area contributed by atoms with Crippen molar-refractivity contribution in [2.45, 2.75) is 43.8 Å². The molecule has 0 spiro atoms. The van der Waals surface area contributed by atoms with Gasteiger partial charge in [0.25, 0.3) is 10.0 Å². The molecule has 0 radical (unpaired) electrons. The number of hydrogen-bond acceptors (Lipinski definition) is 6. The third-order valence-electron chi connectivity index (χ3n) is 7.53. The molecule has 13 heteroatoms. The van der Waals surface area contributed by atoms with Crippen molar-refractivity contribution < 1.29 is 31.9 Å². The van der Waals surface area contributed by atoms with Gasteiger partial charge in [0, 0.05) is 25.1 Å². The van der Waals surface area contributed by atoms with E-state index in [1.807, 2.05) is 30.3 Å². The van der Waals surface area contributed by atoms with Crippen molar-refractivity contribution >= 4 is 50.7 Å². The number of fused-ring (bicyclic) bond motifs is 1. The van der Waals surface area contributed by atoms with E-state index in [0.717, 1.165) is 22.0 Å². The highest BCUT2D eigenvalue weighted by Gasteiger charge is 2.35. The summed E-state index contributed by atoms with van der Waals surface area (Å²) in [7, 11) is -4.45. The molecule has 0 aromatic heterocycles. The van der Waals surface area contributed by atoms with Crippen LogP contribution in [0.2, 0.25) is 10.0 Å². The van der Waals surface area contributed by atoms with E-state index in [1.165, 1.54) is 35.2 Å². The van der Waals surface area contributed by atoms with Gasteiger partial charge >= 0.3 is 0 Å². The topological polar surface area (TPSA) is 105 Å². The van der Waals surface area contributed by atoms with Gasteiger partial charge in [-0.25, -0.2) is 12.8 Å². The van der Waals surface area contributed by atoms with E-state index >= 15 is 0 Å². The van der Waals surface area contributed by atoms with E-state index < -0.39 is 40.2 Å². The second-order valence-corrected chi connectivity index (χ2v) is 14.1. The van der Waals surface area contributed by atoms with Crippen LogP contribution in [0.1, 0.15) is 25.0 Å². The number of carbonyl (C=O) groups is 2. The van der Waals surface area contributed by atoms with Crippen LogP contribution in [-0.4, -0.2) is 57.0 Å². The molecular formula is C35H34Cl2FN3O6S. The summed E-state index contributed by atoms with van der Waals surface area (Å²) in [6.45, 7) is 3.35. The smallest absolute Gasteiger partial charge is 0.264 e. The number of ether oxygens (including phenoxy) is 2. The van der Waals surface area contributed by atoms with Gasteiger partial charge in [-0.2, -0.15) is 0 Å². The molecule has 1 atom stereocenters. The Morgan fingerprint density at radius 2 is 1.54 bits per heavy atom. The fourth-order valence-electron chi connectivity index (χ4n) is 5.22. The van der Waals surface area contributed by atoms with Crippen molar-refractivity contribution in [2.75, 3.05) is 24.1 Å². The molecule has 1 aliphatic rings. The molecule has 2 amide bonds. The molecule has 252 valence electrons. The van der Waals surface area contributed by atoms with E-state index in [0.29, 0.717) is 22.9 Å². The lowest BCUT2D eigenvalue weighted by molar-refractivity contribution is -0.140. The number of amides is 2. The van der Waals surface area contributed by atoms with Crippen molar-refractivity contribution in [3.05, 3.63) is 118 Å². The van der Waals surface area contributed by atoms with E-state index in [9.17, 15) is 22.4 Å². The minimum Gasteiger partial charge on any atom is -0.486 e. The largest absolute Gasteiger partial charge is 0.486 e. The first kappa shape index (κ1) is 35.0. The summed E-state index contributed by atoms with van der Waals surface area (Å²) in [5.41, 5.74) is 1.39. The molecule has 1 heterocycles. The lowest BCUT2D eigenvalue weighted by Gasteiger charge is -2.34. The van der Waals surface area contributed by atoms with Gasteiger partial charge in [0.15, 0.2) is 11.5 Å². The van der Waals surface area contributed by atoms with Gasteiger partial charge in [0.2, 0.25) is 11.8 Å². The molecule has 0 bridgehead atoms. The number of benzene rings is 4. The maximum atomic E-state index is 14.5. The fourth-order valence-corrected chi connectivity index (χ4v) is 6.97. The summed E-state index contributed by atoms with van der Waals surface area (Å²) in [4.78, 5) is 29.5. The van der Waals surface area contributed by atoms with Crippen LogP contribution in [0.3, 0.4) is 0 Å². The molecule has 0 saturated heterocycles. The highest BCUT2D eigenvalue weighted by molar-refractivity contribution is 7.92. The van der Waals surface area contributed by atoms with Crippen LogP contribution in [0.4, 0.5) is 10.1 Å². The lowest BCUT2D eigenvalue weighted by atomic mass is 10.0. The van der Waals surface area contributed by atoms with Crippen LogP contribution in [0.25, 0.3) is 0 Å². The Balaban J connectivity index is 1.58. The van der Waals surface area contributed by atoms with Gasteiger partial charge in [0.05, 0.1) is 20.6 Å². The van der Waals surface area contributed by atoms with E-state index in [-0.39, 0.29) is 47.0 Å². The van der Waals surface area contributed by atoms with Crippen molar-refractivity contribution in [1.82, 2.24) is 10.2 Å². The molecule has 4 aromatic carbocycles. The zero-order valence-corrected chi connectivity index (χ0v) is 28.6. The Morgan fingerprint density at radius 3 is 2.21 bits per heavy atom. The molecule has 4 aromatic rings. The van der Waals surface area contributed by atoms with E-state index in [4.69, 9.17) is 32.7 Å². The van der Waals surface area contributed by atoms with Gasteiger partial charge in [-0.3, -0.25) is 13.9 Å². The van der Waals surface area contributed by atoms with E-state index in [1.54, 1.807) is 32.0 Å². The van der Waals surface area contributed by atoms with Crippen molar-refractivity contribution in [2.24, 2.45) is 0 Å². The van der Waals surface area contributed by atoms with Crippen molar-refractivity contribution in [3.8, 4) is 11.5 Å². The molecule has 48 heavy (non-hydrogen) atoms. The average molecular weight is 715 g/mol. The summed E-state index contributed by atoms with van der Waals surface area (Å²) in [6.07, 6.45) is 0.137. The summed E-state index contributed by atoms with van der Waals surface area (Å²) in [6, 6.07) is 21.6. The number of carbonyl (C=O) groups excluding carboxylic acids is 2. The third kappa shape index (κ3) is 8.39. The predicted molar refractivity (Wildman–Crippen MR) is 183 cm³/mol. The first-order valence-corrected chi connectivity index (χ1v) is 17.4. The molecule has 0 fully saturated rings. The third-order valence-corrected chi connectivity index (χ3v) is 10.0. The number of halogens is 3. The predicted octanol–water partition coefficient (Wildman–Crippen LogP) is 6.26. The van der Waals surface area contributed by atoms with Crippen LogP contribution in [0, 0.1) is 5.82 Å². The van der Waals surface area contributed by atoms with Crippen LogP contribution in [-0.2, 0) is 32.6 Å². The number of sulfonamides is 1. The Kier molecular flexibility index (Phi) is 11.1. The summed E-state index contributed by atoms with van der Waals surface area (Å²) >= 11 is 12.5. The zero-order chi connectivity index (χ0) is 34.4. The van der Waals surface area contributed by atoms with Gasteiger partial charge < -0.3 is 19.7 Å². The number of anilines is 1. The number of nitrogens with one attached hydrogen (secondary N) is 1. The Hall–Kier alpha value is -4.32. The highest BCUT2D eigenvalue weighted by atomic mass is 35.5. The maximum Gasteiger partial charge on any atom is 0.264 e. The van der Waals surface area contributed by atoms with Crippen molar-refractivity contribution in [3.63, 3.8) is 0 Å². The van der Waals surface area contributed by atoms with Gasteiger partial charge in [-0.1, -0.05) is 59.6 Å². The van der Waals surface area contributed by atoms with Crippen molar-refractivity contribution in [1.29, 1.82) is 0 Å². The quantitative estimate of drug-likeness (QED) is 0.186. The van der Waals surface area contributed by atoms with Gasteiger partial charge in [-0.05, 0) is 73.5 Å². The van der Waals surface area contributed by atoms with Crippen LogP contribution >= 0.6 is 23.2 Å². The summed E-state index contributed by atoms with van der Waals surface area (Å²) in [5.74, 6) is -1.08. The monoisotopic (exact) mass is 713 g/mol. The molecular weight excluding hydrogens is 680 g/mol. The standard InChI is InChI=1S/C35H34Cl2FN3O6S/c1-23(2)39-35(43)31(19-24-6-4-3-5-7-24)40(21-25-8-14-29(36)30(37)18-25)34(42)22-41(27-11-9-26(38)10-12-27)48(44,45)28-13-15-32-33(20-28)47-17-16-46-32/h3-15,18,20,23,31H,16-17,19,21-22H2,1-2H3,(H,39,43)/t31-/m1/s1. The second kappa shape index (κ2) is 15.3. The summed E-state index contributed by atoms with van der Waals surface area (Å²) < 4.78 is 54.7. The number of rotatable bonds is 12. The first-order valence-electron chi connectivity index (χ1n) is 15.2. The maximum absolute atomic E-state index is 14.5. The van der Waals surface area contributed by atoms with E-state index in [2.05, 4.69) is 5.32 Å². The fraction of sp³-hybridized carbons (Fsp3) is 0.257. The lowest BCUT2D eigenvalue weighted by Crippen LogP contribution is -2.54. The minimum atomic E-state index is -4.45. The second-order valence-electron chi connectivity index (χ2n) is 11.4. The number of nitrogens with zero attached hydrogens (tertiary/aromatic N) is 2. The van der Waals surface area contributed by atoms with Gasteiger partial charge in [0.1, 0.15) is 31.6 Å². The zero-order valence-electron chi connectivity index (χ0n) is 26.2. The first-order chi connectivity index (χ1) is 22.9. The Labute approximate surface area is 289 Å². The summed E-state index contributed by atoms with van der Waals surface area (Å²) in [5, 5.41) is 3.46. The molecule has 1 aliphatic heterocycles. The molecule has 1 N–H and O–H groups in total. The van der Waals surface area contributed by atoms with Crippen LogP contribution in [0.15, 0.2) is 95.9 Å². The van der Waals surface area contributed by atoms with Crippen LogP contribution < -0.4 is 19.1 Å². The molecule has 0 aliphatic carbocycles. The molecule has 0 saturated carbocycles. The molecule has 9 nitrogen and oxygen atoms in total. The normalized spacial score (nSPS) is 13.1. The highest BCUT2D eigenvalue weighted by Crippen LogP contribution is 2.34. The average Bonchev–Trinajstić information content (AvgIpc) is 3.07. The Bertz CT molecular complexity index is 1880. The molecule has 0 unspecified atom stereocenters. The van der Waals surface area contributed by atoms with Gasteiger partial charge in [-0.15, -0.1) is 0 Å².